The highest BCUT2D eigenvalue weighted by atomic mass is 16.2. The highest BCUT2D eigenvalue weighted by Gasteiger charge is 2.31. The second-order valence-corrected chi connectivity index (χ2v) is 6.21. The van der Waals surface area contributed by atoms with Gasteiger partial charge in [-0.3, -0.25) is 9.89 Å². The molecule has 6 heteroatoms. The van der Waals surface area contributed by atoms with Gasteiger partial charge in [0.1, 0.15) is 5.82 Å². The quantitative estimate of drug-likeness (QED) is 0.789. The van der Waals surface area contributed by atoms with Gasteiger partial charge in [0.2, 0.25) is 0 Å². The Kier molecular flexibility index (Phi) is 3.18. The summed E-state index contributed by atoms with van der Waals surface area (Å²) in [4.78, 5) is 19.3. The zero-order valence-electron chi connectivity index (χ0n) is 13.3. The number of para-hydroxylation sites is 1. The minimum absolute atomic E-state index is 0.00381. The molecular weight excluding hydrogens is 290 g/mol. The van der Waals surface area contributed by atoms with Gasteiger partial charge in [-0.1, -0.05) is 18.2 Å². The topological polar surface area (TPSA) is 66.8 Å². The zero-order chi connectivity index (χ0) is 16.0. The van der Waals surface area contributed by atoms with Crippen LogP contribution < -0.4 is 0 Å². The standard InChI is InChI=1S/C17H19N5O/c1-11-9-21(2)16(18-11)12-7-8-22(10-12)17(23)15-13-5-3-4-6-14(13)19-20-15/h3-6,9,12H,7-8,10H2,1-2H3,(H,19,20). The van der Waals surface area contributed by atoms with Gasteiger partial charge in [0, 0.05) is 37.6 Å². The van der Waals surface area contributed by atoms with Crippen molar-refractivity contribution in [2.75, 3.05) is 13.1 Å². The largest absolute Gasteiger partial charge is 0.337 e. The Morgan fingerprint density at radius 1 is 1.35 bits per heavy atom. The molecule has 1 aliphatic heterocycles. The number of H-pyrrole nitrogens is 1. The Morgan fingerprint density at radius 2 is 2.17 bits per heavy atom. The molecule has 1 fully saturated rings. The van der Waals surface area contributed by atoms with Crippen LogP contribution in [-0.4, -0.2) is 43.6 Å². The molecule has 1 amide bonds. The lowest BCUT2D eigenvalue weighted by atomic mass is 10.1. The third-order valence-corrected chi connectivity index (χ3v) is 4.55. The normalized spacial score (nSPS) is 18.0. The van der Waals surface area contributed by atoms with E-state index in [4.69, 9.17) is 0 Å². The number of fused-ring (bicyclic) bond motifs is 1. The summed E-state index contributed by atoms with van der Waals surface area (Å²) in [6.45, 7) is 3.44. The van der Waals surface area contributed by atoms with Crippen molar-refractivity contribution < 1.29 is 4.79 Å². The number of aryl methyl sites for hydroxylation is 2. The van der Waals surface area contributed by atoms with Gasteiger partial charge in [-0.25, -0.2) is 4.98 Å². The second-order valence-electron chi connectivity index (χ2n) is 6.21. The molecule has 0 bridgehead atoms. The van der Waals surface area contributed by atoms with Crippen LogP contribution in [0.4, 0.5) is 0 Å². The van der Waals surface area contributed by atoms with Crippen molar-refractivity contribution >= 4 is 16.8 Å². The Hall–Kier alpha value is -2.63. The van der Waals surface area contributed by atoms with Crippen LogP contribution in [0, 0.1) is 6.92 Å². The molecule has 4 rings (SSSR count). The van der Waals surface area contributed by atoms with E-state index in [-0.39, 0.29) is 5.91 Å². The molecule has 2 aromatic heterocycles. The number of imidazole rings is 1. The molecule has 1 saturated heterocycles. The third-order valence-electron chi connectivity index (χ3n) is 4.55. The van der Waals surface area contributed by atoms with E-state index in [9.17, 15) is 4.79 Å². The van der Waals surface area contributed by atoms with Gasteiger partial charge in [-0.05, 0) is 19.4 Å². The third kappa shape index (κ3) is 2.30. The lowest BCUT2D eigenvalue weighted by Gasteiger charge is -2.15. The molecule has 118 valence electrons. The van der Waals surface area contributed by atoms with Crippen LogP contribution in [0.15, 0.2) is 30.5 Å². The van der Waals surface area contributed by atoms with Crippen LogP contribution in [0.1, 0.15) is 34.3 Å². The summed E-state index contributed by atoms with van der Waals surface area (Å²) in [5, 5.41) is 8.04. The first kappa shape index (κ1) is 14.0. The number of likely N-dealkylation sites (tertiary alicyclic amines) is 1. The number of amides is 1. The maximum Gasteiger partial charge on any atom is 0.275 e. The molecule has 3 aromatic rings. The first-order valence-electron chi connectivity index (χ1n) is 7.85. The van der Waals surface area contributed by atoms with Crippen LogP contribution in [0.2, 0.25) is 0 Å². The Bertz CT molecular complexity index is 878. The first-order valence-corrected chi connectivity index (χ1v) is 7.85. The molecular formula is C17H19N5O. The maximum absolute atomic E-state index is 12.8. The van der Waals surface area contributed by atoms with Crippen molar-refractivity contribution in [3.8, 4) is 0 Å². The first-order chi connectivity index (χ1) is 11.1. The average molecular weight is 309 g/mol. The molecule has 3 heterocycles. The number of carbonyl (C=O) groups excluding carboxylic acids is 1. The number of hydrogen-bond acceptors (Lipinski definition) is 3. The number of carbonyl (C=O) groups is 1. The number of nitrogens with zero attached hydrogens (tertiary/aromatic N) is 4. The maximum atomic E-state index is 12.8. The molecule has 0 aliphatic carbocycles. The second kappa shape index (κ2) is 5.22. The van der Waals surface area contributed by atoms with Crippen molar-refractivity contribution in [1.82, 2.24) is 24.6 Å². The summed E-state index contributed by atoms with van der Waals surface area (Å²) in [6, 6.07) is 7.73. The molecule has 23 heavy (non-hydrogen) atoms. The molecule has 0 spiro atoms. The number of aromatic amines is 1. The van der Waals surface area contributed by atoms with Gasteiger partial charge in [0.05, 0.1) is 11.2 Å². The lowest BCUT2D eigenvalue weighted by molar-refractivity contribution is 0.0786. The van der Waals surface area contributed by atoms with Gasteiger partial charge >= 0.3 is 0 Å². The summed E-state index contributed by atoms with van der Waals surface area (Å²) in [5.74, 6) is 1.35. The molecule has 0 radical (unpaired) electrons. The number of hydrogen-bond donors (Lipinski definition) is 1. The highest BCUT2D eigenvalue weighted by Crippen LogP contribution is 2.28. The predicted molar refractivity (Wildman–Crippen MR) is 87.3 cm³/mol. The SMILES string of the molecule is Cc1cn(C)c(C2CCN(C(=O)c3n[nH]c4ccccc34)C2)n1. The van der Waals surface area contributed by atoms with E-state index in [1.165, 1.54) is 0 Å². The van der Waals surface area contributed by atoms with Crippen molar-refractivity contribution in [2.45, 2.75) is 19.3 Å². The van der Waals surface area contributed by atoms with E-state index in [1.807, 2.05) is 49.3 Å². The van der Waals surface area contributed by atoms with Crippen LogP contribution in [-0.2, 0) is 7.05 Å². The van der Waals surface area contributed by atoms with Gasteiger partial charge in [0.25, 0.3) is 5.91 Å². The Balaban J connectivity index is 1.58. The summed E-state index contributed by atoms with van der Waals surface area (Å²) in [5.41, 5.74) is 2.43. The van der Waals surface area contributed by atoms with Crippen molar-refractivity contribution in [2.24, 2.45) is 7.05 Å². The van der Waals surface area contributed by atoms with E-state index in [2.05, 4.69) is 19.7 Å². The van der Waals surface area contributed by atoms with Gasteiger partial charge in [-0.15, -0.1) is 0 Å². The van der Waals surface area contributed by atoms with Gasteiger partial charge in [-0.2, -0.15) is 5.10 Å². The van der Waals surface area contributed by atoms with E-state index < -0.39 is 0 Å². The molecule has 0 saturated carbocycles. The van der Waals surface area contributed by atoms with E-state index in [1.54, 1.807) is 0 Å². The zero-order valence-corrected chi connectivity index (χ0v) is 13.3. The molecule has 1 atom stereocenters. The van der Waals surface area contributed by atoms with E-state index in [0.29, 0.717) is 18.2 Å². The van der Waals surface area contributed by atoms with Gasteiger partial charge < -0.3 is 9.47 Å². The van der Waals surface area contributed by atoms with Gasteiger partial charge in [0.15, 0.2) is 5.69 Å². The number of nitrogens with one attached hydrogen (secondary N) is 1. The molecule has 1 unspecified atom stereocenters. The summed E-state index contributed by atoms with van der Waals surface area (Å²) in [6.07, 6.45) is 2.97. The summed E-state index contributed by atoms with van der Waals surface area (Å²) >= 11 is 0. The Labute approximate surface area is 134 Å². The molecule has 1 aromatic carbocycles. The Morgan fingerprint density at radius 3 is 2.96 bits per heavy atom. The van der Waals surface area contributed by atoms with Crippen molar-refractivity contribution in [3.05, 3.63) is 47.7 Å². The fourth-order valence-corrected chi connectivity index (χ4v) is 3.45. The smallest absolute Gasteiger partial charge is 0.275 e. The summed E-state index contributed by atoms with van der Waals surface area (Å²) in [7, 11) is 2.01. The minimum Gasteiger partial charge on any atom is -0.337 e. The molecule has 1 aliphatic rings. The molecule has 6 nitrogen and oxygen atoms in total. The van der Waals surface area contributed by atoms with Crippen LogP contribution in [0.25, 0.3) is 10.9 Å². The highest BCUT2D eigenvalue weighted by molar-refractivity contribution is 6.04. The fourth-order valence-electron chi connectivity index (χ4n) is 3.45. The fraction of sp³-hybridized carbons (Fsp3) is 0.353. The average Bonchev–Trinajstić information content (AvgIpc) is 3.24. The monoisotopic (exact) mass is 309 g/mol. The molecule has 1 N–H and O–H groups in total. The van der Waals surface area contributed by atoms with Crippen molar-refractivity contribution in [1.29, 1.82) is 0 Å². The predicted octanol–water partition coefficient (Wildman–Crippen LogP) is 2.23. The lowest BCUT2D eigenvalue weighted by Crippen LogP contribution is -2.29. The van der Waals surface area contributed by atoms with Crippen LogP contribution >= 0.6 is 0 Å². The number of benzene rings is 1. The van der Waals surface area contributed by atoms with Crippen LogP contribution in [0.3, 0.4) is 0 Å². The van der Waals surface area contributed by atoms with Crippen LogP contribution in [0.5, 0.6) is 0 Å². The van der Waals surface area contributed by atoms with Crippen molar-refractivity contribution in [3.63, 3.8) is 0 Å². The number of rotatable bonds is 2. The number of aromatic nitrogens is 4. The van der Waals surface area contributed by atoms with E-state index >= 15 is 0 Å². The minimum atomic E-state index is -0.00381. The van der Waals surface area contributed by atoms with E-state index in [0.717, 1.165) is 35.4 Å². The summed E-state index contributed by atoms with van der Waals surface area (Å²) < 4.78 is 2.07.